The summed E-state index contributed by atoms with van der Waals surface area (Å²) in [5.41, 5.74) is 2.61. The Morgan fingerprint density at radius 3 is 2.46 bits per heavy atom. The van der Waals surface area contributed by atoms with Crippen molar-refractivity contribution in [1.29, 1.82) is 0 Å². The van der Waals surface area contributed by atoms with Gasteiger partial charge in [-0.25, -0.2) is 4.79 Å². The summed E-state index contributed by atoms with van der Waals surface area (Å²) in [6.07, 6.45) is -1.03. The maximum Gasteiger partial charge on any atom is 0.342 e. The fraction of sp³-hybridized carbons (Fsp3) is 0.300. The zero-order valence-corrected chi connectivity index (χ0v) is 15.9. The number of ether oxygens (including phenoxy) is 1. The van der Waals surface area contributed by atoms with Crippen LogP contribution in [0.2, 0.25) is 5.02 Å². The van der Waals surface area contributed by atoms with E-state index in [9.17, 15) is 14.7 Å². The van der Waals surface area contributed by atoms with Crippen LogP contribution in [0, 0.1) is 6.92 Å². The van der Waals surface area contributed by atoms with Crippen LogP contribution in [-0.2, 0) is 9.53 Å². The Hall–Kier alpha value is -2.53. The Balaban J connectivity index is 2.12. The first-order chi connectivity index (χ1) is 12.2. The molecule has 138 valence electrons. The number of phenols is 1. The second-order valence-electron chi connectivity index (χ2n) is 6.39. The van der Waals surface area contributed by atoms with Gasteiger partial charge in [-0.2, -0.15) is 0 Å². The van der Waals surface area contributed by atoms with Crippen molar-refractivity contribution in [3.63, 3.8) is 0 Å². The van der Waals surface area contributed by atoms with Gasteiger partial charge in [0.25, 0.3) is 5.91 Å². The molecule has 0 bridgehead atoms. The standard InChI is InChI=1S/C20H22ClNO4/c1-11(2)15-7-5-6-12(3)18(15)22-19(24)13(4)26-20(25)16-9-8-14(21)10-17(16)23/h5-11,13,23H,1-4H3,(H,22,24)/t13-/m0/s1. The van der Waals surface area contributed by atoms with Crippen molar-refractivity contribution < 1.29 is 19.4 Å². The van der Waals surface area contributed by atoms with Crippen LogP contribution in [0.3, 0.4) is 0 Å². The number of aryl methyl sites for hydroxylation is 1. The number of esters is 1. The van der Waals surface area contributed by atoms with E-state index >= 15 is 0 Å². The van der Waals surface area contributed by atoms with E-state index in [4.69, 9.17) is 16.3 Å². The number of carbonyl (C=O) groups is 2. The van der Waals surface area contributed by atoms with Crippen LogP contribution < -0.4 is 5.32 Å². The summed E-state index contributed by atoms with van der Waals surface area (Å²) in [4.78, 5) is 24.7. The first-order valence-electron chi connectivity index (χ1n) is 8.30. The van der Waals surface area contributed by atoms with Crippen LogP contribution >= 0.6 is 11.6 Å². The highest BCUT2D eigenvalue weighted by molar-refractivity contribution is 6.30. The van der Waals surface area contributed by atoms with E-state index in [0.29, 0.717) is 5.02 Å². The molecule has 6 heteroatoms. The number of para-hydroxylation sites is 1. The molecule has 0 aromatic heterocycles. The minimum absolute atomic E-state index is 0.0483. The average Bonchev–Trinajstić information content (AvgIpc) is 2.56. The molecule has 1 amide bonds. The minimum Gasteiger partial charge on any atom is -0.507 e. The van der Waals surface area contributed by atoms with Gasteiger partial charge in [-0.1, -0.05) is 43.6 Å². The van der Waals surface area contributed by atoms with Gasteiger partial charge in [0, 0.05) is 10.7 Å². The van der Waals surface area contributed by atoms with Crippen molar-refractivity contribution in [2.75, 3.05) is 5.32 Å². The zero-order chi connectivity index (χ0) is 19.4. The highest BCUT2D eigenvalue weighted by atomic mass is 35.5. The molecule has 0 heterocycles. The molecule has 0 saturated heterocycles. The molecule has 0 saturated carbocycles. The second-order valence-corrected chi connectivity index (χ2v) is 6.83. The van der Waals surface area contributed by atoms with Crippen LogP contribution in [0.25, 0.3) is 0 Å². The molecular weight excluding hydrogens is 354 g/mol. The lowest BCUT2D eigenvalue weighted by Crippen LogP contribution is -2.30. The molecular formula is C20H22ClNO4. The largest absolute Gasteiger partial charge is 0.507 e. The van der Waals surface area contributed by atoms with Crippen molar-refractivity contribution in [3.8, 4) is 5.75 Å². The van der Waals surface area contributed by atoms with Gasteiger partial charge in [-0.3, -0.25) is 4.79 Å². The molecule has 0 aliphatic heterocycles. The number of hydrogen-bond acceptors (Lipinski definition) is 4. The number of phenolic OH excluding ortho intramolecular Hbond substituents is 1. The molecule has 2 aromatic carbocycles. The third-order valence-corrected chi connectivity index (χ3v) is 4.24. The third kappa shape index (κ3) is 4.55. The Morgan fingerprint density at radius 2 is 1.85 bits per heavy atom. The van der Waals surface area contributed by atoms with E-state index in [1.54, 1.807) is 0 Å². The molecule has 26 heavy (non-hydrogen) atoms. The van der Waals surface area contributed by atoms with E-state index in [1.807, 2.05) is 39.0 Å². The number of aromatic hydroxyl groups is 1. The molecule has 0 spiro atoms. The maximum atomic E-state index is 12.5. The number of rotatable bonds is 5. The fourth-order valence-electron chi connectivity index (χ4n) is 2.52. The SMILES string of the molecule is Cc1cccc(C(C)C)c1NC(=O)[C@H](C)OC(=O)c1ccc(Cl)cc1O. The number of hydrogen-bond donors (Lipinski definition) is 2. The van der Waals surface area contributed by atoms with Gasteiger partial charge >= 0.3 is 5.97 Å². The zero-order valence-electron chi connectivity index (χ0n) is 15.2. The van der Waals surface area contributed by atoms with E-state index < -0.39 is 18.0 Å². The Kier molecular flexibility index (Phi) is 6.27. The number of nitrogens with one attached hydrogen (secondary N) is 1. The van der Waals surface area contributed by atoms with E-state index in [0.717, 1.165) is 16.8 Å². The third-order valence-electron chi connectivity index (χ3n) is 4.01. The number of anilines is 1. The number of benzene rings is 2. The van der Waals surface area contributed by atoms with Crippen LogP contribution in [0.4, 0.5) is 5.69 Å². The average molecular weight is 376 g/mol. The molecule has 0 aliphatic carbocycles. The van der Waals surface area contributed by atoms with Gasteiger partial charge in [0.05, 0.1) is 0 Å². The monoisotopic (exact) mass is 375 g/mol. The summed E-state index contributed by atoms with van der Waals surface area (Å²) >= 11 is 5.75. The quantitative estimate of drug-likeness (QED) is 0.745. The van der Waals surface area contributed by atoms with Crippen molar-refractivity contribution in [2.24, 2.45) is 0 Å². The maximum absolute atomic E-state index is 12.5. The number of amides is 1. The van der Waals surface area contributed by atoms with E-state index in [-0.39, 0.29) is 17.2 Å². The van der Waals surface area contributed by atoms with Crippen LogP contribution in [0.5, 0.6) is 5.75 Å². The topological polar surface area (TPSA) is 75.6 Å². The predicted octanol–water partition coefficient (Wildman–Crippen LogP) is 4.66. The van der Waals surface area contributed by atoms with Gasteiger partial charge in [0.15, 0.2) is 6.10 Å². The Morgan fingerprint density at radius 1 is 1.15 bits per heavy atom. The lowest BCUT2D eigenvalue weighted by atomic mass is 9.98. The molecule has 2 rings (SSSR count). The summed E-state index contributed by atoms with van der Waals surface area (Å²) < 4.78 is 5.18. The predicted molar refractivity (Wildman–Crippen MR) is 102 cm³/mol. The molecule has 0 fully saturated rings. The Labute approximate surface area is 157 Å². The fourth-order valence-corrected chi connectivity index (χ4v) is 2.69. The highest BCUT2D eigenvalue weighted by Gasteiger charge is 2.22. The number of halogens is 1. The van der Waals surface area contributed by atoms with Crippen molar-refractivity contribution in [3.05, 3.63) is 58.1 Å². The van der Waals surface area contributed by atoms with Crippen LogP contribution in [0.15, 0.2) is 36.4 Å². The first-order valence-corrected chi connectivity index (χ1v) is 8.68. The lowest BCUT2D eigenvalue weighted by Gasteiger charge is -2.19. The molecule has 5 nitrogen and oxygen atoms in total. The minimum atomic E-state index is -1.03. The molecule has 0 radical (unpaired) electrons. The summed E-state index contributed by atoms with van der Waals surface area (Å²) in [5.74, 6) is -1.30. The number of carbonyl (C=O) groups excluding carboxylic acids is 2. The lowest BCUT2D eigenvalue weighted by molar-refractivity contribution is -0.123. The molecule has 2 aromatic rings. The van der Waals surface area contributed by atoms with Gasteiger partial charge in [0.1, 0.15) is 11.3 Å². The summed E-state index contributed by atoms with van der Waals surface area (Å²) in [5, 5.41) is 12.9. The first kappa shape index (κ1) is 19.8. The van der Waals surface area contributed by atoms with Crippen LogP contribution in [-0.4, -0.2) is 23.1 Å². The molecule has 0 aliphatic rings. The van der Waals surface area contributed by atoms with Gasteiger partial charge < -0.3 is 15.2 Å². The van der Waals surface area contributed by atoms with Crippen LogP contribution in [0.1, 0.15) is 48.2 Å². The highest BCUT2D eigenvalue weighted by Crippen LogP contribution is 2.28. The van der Waals surface area contributed by atoms with Gasteiger partial charge in [0.2, 0.25) is 0 Å². The van der Waals surface area contributed by atoms with Gasteiger partial charge in [-0.05, 0) is 49.1 Å². The van der Waals surface area contributed by atoms with Crippen molar-refractivity contribution in [2.45, 2.75) is 39.7 Å². The summed E-state index contributed by atoms with van der Waals surface area (Å²) in [6, 6.07) is 9.85. The summed E-state index contributed by atoms with van der Waals surface area (Å²) in [6.45, 7) is 7.46. The smallest absolute Gasteiger partial charge is 0.342 e. The molecule has 1 atom stereocenters. The van der Waals surface area contributed by atoms with E-state index in [1.165, 1.54) is 25.1 Å². The molecule has 0 unspecified atom stereocenters. The molecule has 2 N–H and O–H groups in total. The van der Waals surface area contributed by atoms with Gasteiger partial charge in [-0.15, -0.1) is 0 Å². The van der Waals surface area contributed by atoms with Crippen molar-refractivity contribution in [1.82, 2.24) is 0 Å². The summed E-state index contributed by atoms with van der Waals surface area (Å²) in [7, 11) is 0. The Bertz CT molecular complexity index is 833. The second kappa shape index (κ2) is 8.23. The van der Waals surface area contributed by atoms with E-state index in [2.05, 4.69) is 5.32 Å². The normalized spacial score (nSPS) is 11.9. The van der Waals surface area contributed by atoms with Crippen molar-refractivity contribution >= 4 is 29.2 Å².